The highest BCUT2D eigenvalue weighted by molar-refractivity contribution is 5.95. The standard InChI is InChI=1S/C18H27N3O3/c1-14(2)21(10-7-17(22)20-11-8-19-9-12-20)18(23)15-5-4-6-16(13-15)24-3/h4-6,13-14,19H,7-12H2,1-3H3. The maximum absolute atomic E-state index is 12.8. The van der Waals surface area contributed by atoms with E-state index in [4.69, 9.17) is 4.74 Å². The minimum atomic E-state index is -0.0722. The Bertz CT molecular complexity index is 568. The second-order valence-electron chi connectivity index (χ2n) is 6.21. The van der Waals surface area contributed by atoms with E-state index in [1.165, 1.54) is 0 Å². The van der Waals surface area contributed by atoms with Crippen LogP contribution in [0.3, 0.4) is 0 Å². The summed E-state index contributed by atoms with van der Waals surface area (Å²) in [6, 6.07) is 7.15. The van der Waals surface area contributed by atoms with Gasteiger partial charge in [-0.1, -0.05) is 6.07 Å². The third kappa shape index (κ3) is 4.71. The zero-order valence-corrected chi connectivity index (χ0v) is 14.7. The van der Waals surface area contributed by atoms with Crippen LogP contribution in [-0.4, -0.2) is 67.5 Å². The molecule has 1 N–H and O–H groups in total. The summed E-state index contributed by atoms with van der Waals surface area (Å²) in [5.74, 6) is 0.694. The average molecular weight is 333 g/mol. The molecule has 1 saturated heterocycles. The highest BCUT2D eigenvalue weighted by Crippen LogP contribution is 2.16. The van der Waals surface area contributed by atoms with Gasteiger partial charge in [-0.3, -0.25) is 9.59 Å². The Labute approximate surface area is 143 Å². The summed E-state index contributed by atoms with van der Waals surface area (Å²) in [5.41, 5.74) is 0.581. The van der Waals surface area contributed by atoms with Crippen LogP contribution in [0.15, 0.2) is 24.3 Å². The van der Waals surface area contributed by atoms with Crippen molar-refractivity contribution in [2.24, 2.45) is 0 Å². The van der Waals surface area contributed by atoms with E-state index in [0.717, 1.165) is 26.2 Å². The first-order valence-corrected chi connectivity index (χ1v) is 8.46. The van der Waals surface area contributed by atoms with Crippen LogP contribution in [-0.2, 0) is 4.79 Å². The molecule has 2 amide bonds. The Morgan fingerprint density at radius 3 is 2.62 bits per heavy atom. The molecule has 1 aliphatic rings. The van der Waals surface area contributed by atoms with Gasteiger partial charge in [0.25, 0.3) is 5.91 Å². The number of methoxy groups -OCH3 is 1. The number of piperazine rings is 1. The highest BCUT2D eigenvalue weighted by atomic mass is 16.5. The molecule has 1 aromatic rings. The summed E-state index contributed by atoms with van der Waals surface area (Å²) in [6.07, 6.45) is 0.355. The van der Waals surface area contributed by atoms with E-state index in [2.05, 4.69) is 5.32 Å². The van der Waals surface area contributed by atoms with Gasteiger partial charge in [-0.2, -0.15) is 0 Å². The molecule has 1 aromatic carbocycles. The van der Waals surface area contributed by atoms with Crippen molar-refractivity contribution in [3.63, 3.8) is 0 Å². The van der Waals surface area contributed by atoms with E-state index in [9.17, 15) is 9.59 Å². The molecule has 1 heterocycles. The molecule has 0 unspecified atom stereocenters. The number of hydrogen-bond acceptors (Lipinski definition) is 4. The number of carbonyl (C=O) groups excluding carboxylic acids is 2. The first kappa shape index (κ1) is 18.3. The van der Waals surface area contributed by atoms with Gasteiger partial charge >= 0.3 is 0 Å². The zero-order chi connectivity index (χ0) is 17.5. The van der Waals surface area contributed by atoms with Gasteiger partial charge in [0.15, 0.2) is 0 Å². The van der Waals surface area contributed by atoms with Crippen LogP contribution in [0.2, 0.25) is 0 Å². The number of ether oxygens (including phenoxy) is 1. The predicted octanol–water partition coefficient (Wildman–Crippen LogP) is 1.37. The Kier molecular flexibility index (Phi) is 6.61. The van der Waals surface area contributed by atoms with E-state index in [0.29, 0.717) is 24.3 Å². The Morgan fingerprint density at radius 1 is 1.29 bits per heavy atom. The van der Waals surface area contributed by atoms with Gasteiger partial charge < -0.3 is 19.9 Å². The summed E-state index contributed by atoms with van der Waals surface area (Å²) in [7, 11) is 1.58. The molecule has 0 bridgehead atoms. The van der Waals surface area contributed by atoms with Gasteiger partial charge in [0, 0.05) is 50.7 Å². The van der Waals surface area contributed by atoms with Crippen molar-refractivity contribution in [2.75, 3.05) is 39.8 Å². The molecule has 0 spiro atoms. The molecule has 0 aromatic heterocycles. The molecule has 1 aliphatic heterocycles. The molecule has 6 heteroatoms. The summed E-state index contributed by atoms with van der Waals surface area (Å²) in [4.78, 5) is 28.7. The minimum Gasteiger partial charge on any atom is -0.497 e. The molecular formula is C18H27N3O3. The van der Waals surface area contributed by atoms with Gasteiger partial charge in [0.2, 0.25) is 5.91 Å². The van der Waals surface area contributed by atoms with Gasteiger partial charge in [0.05, 0.1) is 7.11 Å². The highest BCUT2D eigenvalue weighted by Gasteiger charge is 2.22. The van der Waals surface area contributed by atoms with Crippen molar-refractivity contribution in [1.82, 2.24) is 15.1 Å². The van der Waals surface area contributed by atoms with Crippen molar-refractivity contribution in [3.05, 3.63) is 29.8 Å². The monoisotopic (exact) mass is 333 g/mol. The van der Waals surface area contributed by atoms with Crippen LogP contribution in [0.1, 0.15) is 30.6 Å². The van der Waals surface area contributed by atoms with Gasteiger partial charge in [-0.25, -0.2) is 0 Å². The van der Waals surface area contributed by atoms with Crippen LogP contribution in [0, 0.1) is 0 Å². The van der Waals surface area contributed by atoms with E-state index >= 15 is 0 Å². The lowest BCUT2D eigenvalue weighted by Gasteiger charge is -2.30. The normalized spacial score (nSPS) is 14.6. The van der Waals surface area contributed by atoms with Crippen molar-refractivity contribution in [1.29, 1.82) is 0 Å². The number of hydrogen-bond donors (Lipinski definition) is 1. The van der Waals surface area contributed by atoms with Crippen LogP contribution < -0.4 is 10.1 Å². The van der Waals surface area contributed by atoms with Crippen molar-refractivity contribution >= 4 is 11.8 Å². The summed E-state index contributed by atoms with van der Waals surface area (Å²) in [6.45, 7) is 7.51. The first-order valence-electron chi connectivity index (χ1n) is 8.46. The quantitative estimate of drug-likeness (QED) is 0.854. The number of benzene rings is 1. The molecule has 1 fully saturated rings. The lowest BCUT2D eigenvalue weighted by molar-refractivity contribution is -0.132. The number of amides is 2. The molecule has 0 atom stereocenters. The summed E-state index contributed by atoms with van der Waals surface area (Å²) in [5, 5.41) is 3.23. The average Bonchev–Trinajstić information content (AvgIpc) is 2.62. The van der Waals surface area contributed by atoms with Crippen molar-refractivity contribution in [2.45, 2.75) is 26.3 Å². The Morgan fingerprint density at radius 2 is 2.00 bits per heavy atom. The summed E-state index contributed by atoms with van der Waals surface area (Å²) < 4.78 is 5.19. The van der Waals surface area contributed by atoms with E-state index in [-0.39, 0.29) is 17.9 Å². The van der Waals surface area contributed by atoms with Gasteiger partial charge in [-0.15, -0.1) is 0 Å². The SMILES string of the molecule is COc1cccc(C(=O)N(CCC(=O)N2CCNCC2)C(C)C)c1. The molecule has 6 nitrogen and oxygen atoms in total. The Hall–Kier alpha value is -2.08. The molecule has 0 saturated carbocycles. The van der Waals surface area contributed by atoms with Gasteiger partial charge in [-0.05, 0) is 32.0 Å². The number of rotatable bonds is 6. The number of nitrogens with one attached hydrogen (secondary N) is 1. The first-order chi connectivity index (χ1) is 11.5. The minimum absolute atomic E-state index is 0.0273. The lowest BCUT2D eigenvalue weighted by atomic mass is 10.1. The van der Waals surface area contributed by atoms with Gasteiger partial charge in [0.1, 0.15) is 5.75 Å². The Balaban J connectivity index is 2.00. The zero-order valence-electron chi connectivity index (χ0n) is 14.7. The van der Waals surface area contributed by atoms with Crippen LogP contribution >= 0.6 is 0 Å². The molecule has 0 radical (unpaired) electrons. The number of carbonyl (C=O) groups is 2. The molecule has 24 heavy (non-hydrogen) atoms. The fourth-order valence-electron chi connectivity index (χ4n) is 2.80. The summed E-state index contributed by atoms with van der Waals surface area (Å²) >= 11 is 0. The van der Waals surface area contributed by atoms with E-state index in [1.807, 2.05) is 24.8 Å². The topological polar surface area (TPSA) is 61.9 Å². The molecular weight excluding hydrogens is 306 g/mol. The molecule has 0 aliphatic carbocycles. The largest absolute Gasteiger partial charge is 0.497 e. The van der Waals surface area contributed by atoms with Crippen LogP contribution in [0.25, 0.3) is 0 Å². The van der Waals surface area contributed by atoms with Crippen molar-refractivity contribution < 1.29 is 14.3 Å². The maximum Gasteiger partial charge on any atom is 0.254 e. The molecule has 132 valence electrons. The predicted molar refractivity (Wildman–Crippen MR) is 93.2 cm³/mol. The second kappa shape index (κ2) is 8.68. The van der Waals surface area contributed by atoms with E-state index in [1.54, 1.807) is 30.2 Å². The second-order valence-corrected chi connectivity index (χ2v) is 6.21. The third-order valence-corrected chi connectivity index (χ3v) is 4.24. The third-order valence-electron chi connectivity index (χ3n) is 4.24. The van der Waals surface area contributed by atoms with Crippen molar-refractivity contribution in [3.8, 4) is 5.75 Å². The fourth-order valence-corrected chi connectivity index (χ4v) is 2.80. The lowest BCUT2D eigenvalue weighted by Crippen LogP contribution is -2.47. The number of nitrogens with zero attached hydrogens (tertiary/aromatic N) is 2. The van der Waals surface area contributed by atoms with Crippen LogP contribution in [0.5, 0.6) is 5.75 Å². The van der Waals surface area contributed by atoms with E-state index < -0.39 is 0 Å². The fraction of sp³-hybridized carbons (Fsp3) is 0.556. The molecule has 2 rings (SSSR count). The van der Waals surface area contributed by atoms with Crippen LogP contribution in [0.4, 0.5) is 0 Å². The smallest absolute Gasteiger partial charge is 0.254 e. The maximum atomic E-state index is 12.8.